The van der Waals surface area contributed by atoms with E-state index in [-0.39, 0.29) is 12.6 Å². The molecule has 16 heavy (non-hydrogen) atoms. The SMILES string of the molecule is CCc1ccc([C@@](C)(O)COC(C)=O)cc1. The van der Waals surface area contributed by atoms with Crippen LogP contribution < -0.4 is 0 Å². The predicted octanol–water partition coefficient (Wildman–Crippen LogP) is 2.02. The first-order valence-electron chi connectivity index (χ1n) is 5.41. The van der Waals surface area contributed by atoms with Crippen LogP contribution in [0.3, 0.4) is 0 Å². The molecule has 0 amide bonds. The molecule has 1 rings (SSSR count). The molecule has 0 heterocycles. The van der Waals surface area contributed by atoms with Crippen LogP contribution in [0.5, 0.6) is 0 Å². The van der Waals surface area contributed by atoms with Gasteiger partial charge < -0.3 is 9.84 Å². The molecule has 0 aromatic heterocycles. The highest BCUT2D eigenvalue weighted by Gasteiger charge is 2.24. The third kappa shape index (κ3) is 3.35. The number of carbonyl (C=O) groups excluding carboxylic acids is 1. The maximum Gasteiger partial charge on any atom is 0.302 e. The predicted molar refractivity (Wildman–Crippen MR) is 62.0 cm³/mol. The molecule has 0 saturated carbocycles. The lowest BCUT2D eigenvalue weighted by molar-refractivity contribution is -0.148. The Kier molecular flexibility index (Phi) is 4.07. The minimum Gasteiger partial charge on any atom is -0.462 e. The molecule has 0 aliphatic carbocycles. The molecule has 1 N–H and O–H groups in total. The van der Waals surface area contributed by atoms with Gasteiger partial charge >= 0.3 is 5.97 Å². The van der Waals surface area contributed by atoms with Gasteiger partial charge in [0.25, 0.3) is 0 Å². The third-order valence-corrected chi connectivity index (χ3v) is 2.54. The van der Waals surface area contributed by atoms with E-state index in [1.165, 1.54) is 12.5 Å². The van der Waals surface area contributed by atoms with Crippen molar-refractivity contribution in [2.45, 2.75) is 32.8 Å². The molecule has 3 nitrogen and oxygen atoms in total. The zero-order valence-corrected chi connectivity index (χ0v) is 9.99. The minimum absolute atomic E-state index is 0.0200. The van der Waals surface area contributed by atoms with E-state index in [4.69, 9.17) is 4.74 Å². The van der Waals surface area contributed by atoms with E-state index < -0.39 is 5.60 Å². The summed E-state index contributed by atoms with van der Waals surface area (Å²) in [5, 5.41) is 10.1. The highest BCUT2D eigenvalue weighted by atomic mass is 16.5. The molecule has 3 heteroatoms. The molecule has 0 fully saturated rings. The topological polar surface area (TPSA) is 46.5 Å². The zero-order valence-electron chi connectivity index (χ0n) is 9.99. The van der Waals surface area contributed by atoms with E-state index in [9.17, 15) is 9.90 Å². The molecule has 1 aromatic carbocycles. The number of hydrogen-bond acceptors (Lipinski definition) is 3. The lowest BCUT2D eigenvalue weighted by atomic mass is 9.95. The summed E-state index contributed by atoms with van der Waals surface area (Å²) in [7, 11) is 0. The highest BCUT2D eigenvalue weighted by molar-refractivity contribution is 5.66. The van der Waals surface area contributed by atoms with E-state index >= 15 is 0 Å². The molecule has 0 aliphatic rings. The van der Waals surface area contributed by atoms with Crippen molar-refractivity contribution in [2.24, 2.45) is 0 Å². The van der Waals surface area contributed by atoms with Crippen molar-refractivity contribution in [3.05, 3.63) is 35.4 Å². The van der Waals surface area contributed by atoms with Gasteiger partial charge in [-0.15, -0.1) is 0 Å². The molecule has 0 radical (unpaired) electrons. The first kappa shape index (κ1) is 12.7. The lowest BCUT2D eigenvalue weighted by Gasteiger charge is -2.23. The summed E-state index contributed by atoms with van der Waals surface area (Å²) >= 11 is 0. The second-order valence-corrected chi connectivity index (χ2v) is 4.10. The number of benzene rings is 1. The quantitative estimate of drug-likeness (QED) is 0.793. The van der Waals surface area contributed by atoms with E-state index in [1.807, 2.05) is 24.3 Å². The van der Waals surface area contributed by atoms with Gasteiger partial charge in [0.1, 0.15) is 12.2 Å². The Morgan fingerprint density at radius 3 is 2.38 bits per heavy atom. The number of hydrogen-bond donors (Lipinski definition) is 1. The molecule has 0 unspecified atom stereocenters. The Morgan fingerprint density at radius 1 is 1.38 bits per heavy atom. The number of aryl methyl sites for hydroxylation is 1. The molecule has 0 aliphatic heterocycles. The standard InChI is InChI=1S/C13H18O3/c1-4-11-5-7-12(8-6-11)13(3,15)9-16-10(2)14/h5-8,15H,4,9H2,1-3H3/t13-/m0/s1. The zero-order chi connectivity index (χ0) is 12.2. The molecule has 1 atom stereocenters. The number of rotatable bonds is 4. The first-order valence-corrected chi connectivity index (χ1v) is 5.41. The van der Waals surface area contributed by atoms with Crippen LogP contribution in [0.2, 0.25) is 0 Å². The molecule has 0 spiro atoms. The Bertz CT molecular complexity index is 352. The van der Waals surface area contributed by atoms with Crippen LogP contribution in [-0.2, 0) is 21.6 Å². The fourth-order valence-corrected chi connectivity index (χ4v) is 1.42. The van der Waals surface area contributed by atoms with Gasteiger partial charge in [0.2, 0.25) is 0 Å². The maximum atomic E-state index is 10.7. The second kappa shape index (κ2) is 5.12. The molecule has 0 bridgehead atoms. The number of esters is 1. The fourth-order valence-electron chi connectivity index (χ4n) is 1.42. The number of aliphatic hydroxyl groups is 1. The summed E-state index contributed by atoms with van der Waals surface area (Å²) in [6.07, 6.45) is 0.965. The minimum atomic E-state index is -1.13. The monoisotopic (exact) mass is 222 g/mol. The van der Waals surface area contributed by atoms with Crippen molar-refractivity contribution in [3.8, 4) is 0 Å². The Hall–Kier alpha value is -1.35. The average Bonchev–Trinajstić information content (AvgIpc) is 2.27. The van der Waals surface area contributed by atoms with Gasteiger partial charge in [-0.1, -0.05) is 31.2 Å². The van der Waals surface area contributed by atoms with Crippen molar-refractivity contribution in [1.82, 2.24) is 0 Å². The van der Waals surface area contributed by atoms with Crippen molar-refractivity contribution in [1.29, 1.82) is 0 Å². The number of ether oxygens (including phenoxy) is 1. The normalized spacial score (nSPS) is 14.2. The van der Waals surface area contributed by atoms with Crippen LogP contribution in [0.25, 0.3) is 0 Å². The van der Waals surface area contributed by atoms with Crippen LogP contribution in [-0.4, -0.2) is 17.7 Å². The Balaban J connectivity index is 2.76. The van der Waals surface area contributed by atoms with E-state index in [1.54, 1.807) is 6.92 Å². The Morgan fingerprint density at radius 2 is 1.94 bits per heavy atom. The second-order valence-electron chi connectivity index (χ2n) is 4.10. The van der Waals surface area contributed by atoms with Gasteiger partial charge in [-0.05, 0) is 24.5 Å². The lowest BCUT2D eigenvalue weighted by Crippen LogP contribution is -2.28. The summed E-state index contributed by atoms with van der Waals surface area (Å²) in [5.74, 6) is -0.384. The number of carbonyl (C=O) groups is 1. The van der Waals surface area contributed by atoms with Crippen molar-refractivity contribution >= 4 is 5.97 Å². The molecular weight excluding hydrogens is 204 g/mol. The summed E-state index contributed by atoms with van der Waals surface area (Å²) in [6.45, 7) is 5.02. The fraction of sp³-hybridized carbons (Fsp3) is 0.462. The molecular formula is C13H18O3. The molecule has 88 valence electrons. The van der Waals surface area contributed by atoms with E-state index in [0.717, 1.165) is 12.0 Å². The summed E-state index contributed by atoms with van der Waals surface area (Å²) in [6, 6.07) is 7.67. The van der Waals surface area contributed by atoms with E-state index in [0.29, 0.717) is 0 Å². The first-order chi connectivity index (χ1) is 7.45. The van der Waals surface area contributed by atoms with Crippen LogP contribution in [0.1, 0.15) is 31.9 Å². The Labute approximate surface area is 96.1 Å². The smallest absolute Gasteiger partial charge is 0.302 e. The molecule has 0 saturated heterocycles. The van der Waals surface area contributed by atoms with Crippen molar-refractivity contribution in [2.75, 3.05) is 6.61 Å². The van der Waals surface area contributed by atoms with Crippen LogP contribution in [0, 0.1) is 0 Å². The summed E-state index contributed by atoms with van der Waals surface area (Å²) in [4.78, 5) is 10.7. The third-order valence-electron chi connectivity index (χ3n) is 2.54. The van der Waals surface area contributed by atoms with Crippen LogP contribution in [0.4, 0.5) is 0 Å². The van der Waals surface area contributed by atoms with Gasteiger partial charge in [0.15, 0.2) is 0 Å². The molecule has 1 aromatic rings. The van der Waals surface area contributed by atoms with Crippen LogP contribution in [0.15, 0.2) is 24.3 Å². The van der Waals surface area contributed by atoms with Gasteiger partial charge in [-0.25, -0.2) is 0 Å². The highest BCUT2D eigenvalue weighted by Crippen LogP contribution is 2.21. The summed E-state index contributed by atoms with van der Waals surface area (Å²) < 4.78 is 4.83. The van der Waals surface area contributed by atoms with Crippen molar-refractivity contribution < 1.29 is 14.6 Å². The average molecular weight is 222 g/mol. The summed E-state index contributed by atoms with van der Waals surface area (Å²) in [5.41, 5.74) is 0.843. The van der Waals surface area contributed by atoms with Gasteiger partial charge in [-0.3, -0.25) is 4.79 Å². The van der Waals surface area contributed by atoms with Gasteiger partial charge in [-0.2, -0.15) is 0 Å². The van der Waals surface area contributed by atoms with Gasteiger partial charge in [0, 0.05) is 6.92 Å². The van der Waals surface area contributed by atoms with E-state index in [2.05, 4.69) is 6.92 Å². The van der Waals surface area contributed by atoms with Crippen LogP contribution >= 0.6 is 0 Å². The largest absolute Gasteiger partial charge is 0.462 e. The van der Waals surface area contributed by atoms with Gasteiger partial charge in [0.05, 0.1) is 0 Å². The van der Waals surface area contributed by atoms with Crippen molar-refractivity contribution in [3.63, 3.8) is 0 Å². The maximum absolute atomic E-state index is 10.7.